The van der Waals surface area contributed by atoms with Gasteiger partial charge >= 0.3 is 0 Å². The number of nitrogens with two attached hydrogens (primary N) is 1. The zero-order valence-electron chi connectivity index (χ0n) is 12.0. The Labute approximate surface area is 125 Å². The minimum absolute atomic E-state index is 0.0365. The molecule has 0 amide bonds. The molecule has 0 atom stereocenters. The van der Waals surface area contributed by atoms with Crippen LogP contribution in [0.5, 0.6) is 0 Å². The highest BCUT2D eigenvalue weighted by molar-refractivity contribution is 7.89. The lowest BCUT2D eigenvalue weighted by Crippen LogP contribution is -2.32. The maximum atomic E-state index is 12.2. The van der Waals surface area contributed by atoms with Crippen LogP contribution in [0.25, 0.3) is 0 Å². The summed E-state index contributed by atoms with van der Waals surface area (Å²) in [6.45, 7) is 4.58. The second-order valence-corrected chi connectivity index (χ2v) is 9.19. The lowest BCUT2D eigenvalue weighted by atomic mass is 9.93. The van der Waals surface area contributed by atoms with Gasteiger partial charge in [-0.25, -0.2) is 26.7 Å². The zero-order chi connectivity index (χ0) is 15.9. The van der Waals surface area contributed by atoms with E-state index in [1.165, 1.54) is 24.3 Å². The van der Waals surface area contributed by atoms with Gasteiger partial charge in [-0.2, -0.15) is 0 Å². The van der Waals surface area contributed by atoms with Crippen LogP contribution in [0.3, 0.4) is 0 Å². The summed E-state index contributed by atoms with van der Waals surface area (Å²) in [7, 11) is -7.45. The second-order valence-electron chi connectivity index (χ2n) is 5.86. The first kappa shape index (κ1) is 16.4. The van der Waals surface area contributed by atoms with E-state index in [0.29, 0.717) is 12.5 Å². The molecule has 0 aromatic heterocycles. The van der Waals surface area contributed by atoms with Crippen LogP contribution >= 0.6 is 0 Å². The monoisotopic (exact) mass is 332 g/mol. The Morgan fingerprint density at radius 2 is 1.57 bits per heavy atom. The number of primary sulfonamides is 1. The fourth-order valence-electron chi connectivity index (χ4n) is 2.25. The molecule has 6 nitrogen and oxygen atoms in total. The van der Waals surface area contributed by atoms with Crippen LogP contribution in [0.2, 0.25) is 0 Å². The maximum absolute atomic E-state index is 12.2. The Bertz CT molecular complexity index is 718. The van der Waals surface area contributed by atoms with Crippen molar-refractivity contribution in [1.82, 2.24) is 4.72 Å². The molecule has 0 unspecified atom stereocenters. The van der Waals surface area contributed by atoms with Crippen molar-refractivity contribution in [3.63, 3.8) is 0 Å². The highest BCUT2D eigenvalue weighted by Gasteiger charge is 2.45. The Morgan fingerprint density at radius 3 is 1.95 bits per heavy atom. The molecule has 0 saturated heterocycles. The molecule has 1 aromatic carbocycles. The first-order chi connectivity index (χ1) is 9.57. The number of nitrogens with one attached hydrogen (secondary N) is 1. The lowest BCUT2D eigenvalue weighted by molar-refractivity contribution is 0.357. The normalized spacial score (nSPS) is 17.9. The van der Waals surface area contributed by atoms with Gasteiger partial charge < -0.3 is 0 Å². The third-order valence-corrected chi connectivity index (χ3v) is 6.54. The van der Waals surface area contributed by atoms with Crippen molar-refractivity contribution in [2.24, 2.45) is 16.5 Å². The number of hydrogen-bond acceptors (Lipinski definition) is 4. The number of benzene rings is 1. The van der Waals surface area contributed by atoms with E-state index in [2.05, 4.69) is 18.6 Å². The van der Waals surface area contributed by atoms with Crippen molar-refractivity contribution in [2.45, 2.75) is 36.5 Å². The zero-order valence-corrected chi connectivity index (χ0v) is 13.7. The SMILES string of the molecule is CC(C)C1(CNS(=O)(=O)c2ccc(S(N)(=O)=O)cc2)CC1. The summed E-state index contributed by atoms with van der Waals surface area (Å²) < 4.78 is 49.3. The fourth-order valence-corrected chi connectivity index (χ4v) is 3.90. The predicted molar refractivity (Wildman–Crippen MR) is 79.5 cm³/mol. The van der Waals surface area contributed by atoms with Gasteiger partial charge in [0.1, 0.15) is 0 Å². The molecular formula is C13H20N2O4S2. The summed E-state index contributed by atoms with van der Waals surface area (Å²) in [5.41, 5.74) is 0.0631. The van der Waals surface area contributed by atoms with E-state index in [-0.39, 0.29) is 15.2 Å². The summed E-state index contributed by atoms with van der Waals surface area (Å²) >= 11 is 0. The fraction of sp³-hybridized carbons (Fsp3) is 0.538. The van der Waals surface area contributed by atoms with Crippen molar-refractivity contribution in [2.75, 3.05) is 6.54 Å². The van der Waals surface area contributed by atoms with E-state index < -0.39 is 20.0 Å². The average Bonchev–Trinajstić information content (AvgIpc) is 3.17. The van der Waals surface area contributed by atoms with Gasteiger partial charge in [-0.3, -0.25) is 0 Å². The molecule has 1 aliphatic rings. The average molecular weight is 332 g/mol. The molecule has 1 fully saturated rings. The van der Waals surface area contributed by atoms with Gasteiger partial charge in [0.15, 0.2) is 0 Å². The molecule has 8 heteroatoms. The van der Waals surface area contributed by atoms with E-state index in [1.807, 2.05) is 0 Å². The number of rotatable bonds is 6. The Hall–Kier alpha value is -0.960. The molecule has 21 heavy (non-hydrogen) atoms. The third-order valence-electron chi connectivity index (χ3n) is 4.19. The minimum Gasteiger partial charge on any atom is -0.225 e. The Morgan fingerprint density at radius 1 is 1.10 bits per heavy atom. The quantitative estimate of drug-likeness (QED) is 0.812. The van der Waals surface area contributed by atoms with Gasteiger partial charge in [0.2, 0.25) is 20.0 Å². The Balaban J connectivity index is 2.13. The van der Waals surface area contributed by atoms with Gasteiger partial charge in [0, 0.05) is 6.54 Å². The topological polar surface area (TPSA) is 106 Å². The van der Waals surface area contributed by atoms with E-state index in [1.54, 1.807) is 0 Å². The van der Waals surface area contributed by atoms with Crippen molar-refractivity contribution < 1.29 is 16.8 Å². The molecule has 3 N–H and O–H groups in total. The van der Waals surface area contributed by atoms with E-state index in [0.717, 1.165) is 12.8 Å². The molecule has 1 saturated carbocycles. The Kier molecular flexibility index (Phi) is 4.18. The van der Waals surface area contributed by atoms with Gasteiger partial charge in [-0.15, -0.1) is 0 Å². The minimum atomic E-state index is -3.82. The first-order valence-corrected chi connectivity index (χ1v) is 9.72. The predicted octanol–water partition coefficient (Wildman–Crippen LogP) is 1.05. The van der Waals surface area contributed by atoms with Crippen LogP contribution < -0.4 is 9.86 Å². The number of hydrogen-bond donors (Lipinski definition) is 2. The van der Waals surface area contributed by atoms with Crippen molar-refractivity contribution in [3.05, 3.63) is 24.3 Å². The molecule has 118 valence electrons. The largest absolute Gasteiger partial charge is 0.240 e. The summed E-state index contributed by atoms with van der Waals surface area (Å²) in [5.74, 6) is 0.421. The second kappa shape index (κ2) is 5.35. The molecule has 1 aromatic rings. The van der Waals surface area contributed by atoms with Gasteiger partial charge in [0.25, 0.3) is 0 Å². The molecular weight excluding hydrogens is 312 g/mol. The number of sulfonamides is 2. The lowest BCUT2D eigenvalue weighted by Gasteiger charge is -2.20. The summed E-state index contributed by atoms with van der Waals surface area (Å²) in [4.78, 5) is -0.0725. The van der Waals surface area contributed by atoms with Crippen LogP contribution in [-0.4, -0.2) is 23.4 Å². The van der Waals surface area contributed by atoms with Crippen LogP contribution in [0, 0.1) is 11.3 Å². The molecule has 0 heterocycles. The van der Waals surface area contributed by atoms with Crippen LogP contribution in [0.4, 0.5) is 0 Å². The van der Waals surface area contributed by atoms with Crippen LogP contribution in [-0.2, 0) is 20.0 Å². The summed E-state index contributed by atoms with van der Waals surface area (Å²) in [5, 5.41) is 4.98. The molecule has 1 aliphatic carbocycles. The smallest absolute Gasteiger partial charge is 0.225 e. The van der Waals surface area contributed by atoms with E-state index in [9.17, 15) is 16.8 Å². The van der Waals surface area contributed by atoms with Gasteiger partial charge in [-0.05, 0) is 48.4 Å². The highest BCUT2D eigenvalue weighted by Crippen LogP contribution is 2.51. The van der Waals surface area contributed by atoms with Crippen LogP contribution in [0.1, 0.15) is 26.7 Å². The van der Waals surface area contributed by atoms with Crippen molar-refractivity contribution in [3.8, 4) is 0 Å². The highest BCUT2D eigenvalue weighted by atomic mass is 32.2. The third kappa shape index (κ3) is 3.63. The molecule has 0 spiro atoms. The van der Waals surface area contributed by atoms with Crippen molar-refractivity contribution in [1.29, 1.82) is 0 Å². The summed E-state index contributed by atoms with van der Waals surface area (Å²) in [6.07, 6.45) is 2.05. The summed E-state index contributed by atoms with van der Waals surface area (Å²) in [6, 6.07) is 4.88. The van der Waals surface area contributed by atoms with E-state index >= 15 is 0 Å². The molecule has 2 rings (SSSR count). The van der Waals surface area contributed by atoms with Crippen LogP contribution in [0.15, 0.2) is 34.1 Å². The molecule has 0 radical (unpaired) electrons. The standard InChI is InChI=1S/C13H20N2O4S2/c1-10(2)13(7-8-13)9-15-21(18,19)12-5-3-11(4-6-12)20(14,16)17/h3-6,10,15H,7-9H2,1-2H3,(H2,14,16,17). The van der Waals surface area contributed by atoms with Crippen molar-refractivity contribution >= 4 is 20.0 Å². The van der Waals surface area contributed by atoms with Gasteiger partial charge in [-0.1, -0.05) is 13.8 Å². The van der Waals surface area contributed by atoms with E-state index in [4.69, 9.17) is 5.14 Å². The van der Waals surface area contributed by atoms with Gasteiger partial charge in [0.05, 0.1) is 9.79 Å². The molecule has 0 bridgehead atoms. The first-order valence-electron chi connectivity index (χ1n) is 6.69. The molecule has 0 aliphatic heterocycles. The maximum Gasteiger partial charge on any atom is 0.240 e.